The number of aliphatic hydroxyl groups is 1. The number of para-hydroxylation sites is 1. The van der Waals surface area contributed by atoms with Gasteiger partial charge >= 0.3 is 0 Å². The van der Waals surface area contributed by atoms with Gasteiger partial charge in [-0.3, -0.25) is 0 Å². The van der Waals surface area contributed by atoms with Crippen LogP contribution in [0.2, 0.25) is 5.15 Å². The normalized spacial score (nSPS) is 11.2. The van der Waals surface area contributed by atoms with E-state index in [-0.39, 0.29) is 6.61 Å². The van der Waals surface area contributed by atoms with Crippen LogP contribution in [-0.4, -0.2) is 9.67 Å². The molecule has 0 atom stereocenters. The van der Waals surface area contributed by atoms with Crippen molar-refractivity contribution in [1.29, 1.82) is 0 Å². The van der Waals surface area contributed by atoms with Gasteiger partial charge in [-0.15, -0.1) is 0 Å². The van der Waals surface area contributed by atoms with E-state index in [1.54, 1.807) is 0 Å². The molecule has 0 unspecified atom stereocenters. The molecule has 0 fully saturated rings. The second-order valence-electron chi connectivity index (χ2n) is 5.02. The van der Waals surface area contributed by atoms with Crippen molar-refractivity contribution in [2.75, 3.05) is 0 Å². The number of hydrogen-bond donors (Lipinski definition) is 1. The summed E-state index contributed by atoms with van der Waals surface area (Å²) >= 11 is 6.44. The monoisotopic (exact) mass is 285 g/mol. The highest BCUT2D eigenvalue weighted by Crippen LogP contribution is 2.30. The van der Waals surface area contributed by atoms with Crippen molar-refractivity contribution in [1.82, 2.24) is 4.57 Å². The van der Waals surface area contributed by atoms with Crippen molar-refractivity contribution in [3.63, 3.8) is 0 Å². The van der Waals surface area contributed by atoms with E-state index in [0.29, 0.717) is 11.7 Å². The van der Waals surface area contributed by atoms with Crippen LogP contribution < -0.4 is 0 Å². The molecule has 102 valence electrons. The summed E-state index contributed by atoms with van der Waals surface area (Å²) in [6.45, 7) is 2.74. The standard InChI is InChI=1S/C17H16ClNO/c1-12-6-8-13(9-7-12)10-19-16-5-3-2-4-14(16)15(11-20)17(19)18/h2-9,20H,10-11H2,1H3. The Labute approximate surface area is 123 Å². The fourth-order valence-electron chi connectivity index (χ4n) is 2.53. The van der Waals surface area contributed by atoms with E-state index in [1.165, 1.54) is 11.1 Å². The summed E-state index contributed by atoms with van der Waals surface area (Å²) in [5.41, 5.74) is 4.30. The number of benzene rings is 2. The molecular formula is C17H16ClNO. The molecule has 3 rings (SSSR count). The lowest BCUT2D eigenvalue weighted by Gasteiger charge is -2.08. The van der Waals surface area contributed by atoms with E-state index in [9.17, 15) is 5.11 Å². The molecule has 0 saturated carbocycles. The summed E-state index contributed by atoms with van der Waals surface area (Å²) in [7, 11) is 0. The van der Waals surface area contributed by atoms with Crippen LogP contribution in [0.4, 0.5) is 0 Å². The molecule has 3 aromatic rings. The Balaban J connectivity index is 2.11. The van der Waals surface area contributed by atoms with Gasteiger partial charge < -0.3 is 9.67 Å². The summed E-state index contributed by atoms with van der Waals surface area (Å²) in [4.78, 5) is 0. The molecule has 1 heterocycles. The third-order valence-corrected chi connectivity index (χ3v) is 4.06. The Kier molecular flexibility index (Phi) is 3.51. The zero-order valence-electron chi connectivity index (χ0n) is 11.3. The number of aromatic nitrogens is 1. The average Bonchev–Trinajstić information content (AvgIpc) is 2.74. The molecule has 1 N–H and O–H groups in total. The third-order valence-electron chi connectivity index (χ3n) is 3.63. The molecular weight excluding hydrogens is 270 g/mol. The molecule has 0 amide bonds. The lowest BCUT2D eigenvalue weighted by molar-refractivity contribution is 0.283. The maximum atomic E-state index is 9.53. The SMILES string of the molecule is Cc1ccc(Cn2c(Cl)c(CO)c3ccccc32)cc1. The van der Waals surface area contributed by atoms with Crippen molar-refractivity contribution in [3.8, 4) is 0 Å². The number of fused-ring (bicyclic) bond motifs is 1. The van der Waals surface area contributed by atoms with Gasteiger partial charge in [0.15, 0.2) is 0 Å². The highest BCUT2D eigenvalue weighted by atomic mass is 35.5. The Morgan fingerprint density at radius 1 is 1.05 bits per heavy atom. The summed E-state index contributed by atoms with van der Waals surface area (Å²) in [5, 5.41) is 11.2. The summed E-state index contributed by atoms with van der Waals surface area (Å²) < 4.78 is 2.05. The molecule has 0 saturated heterocycles. The Morgan fingerprint density at radius 2 is 1.75 bits per heavy atom. The number of rotatable bonds is 3. The Bertz CT molecular complexity index is 744. The molecule has 0 aliphatic rings. The van der Waals surface area contributed by atoms with E-state index in [1.807, 2.05) is 28.8 Å². The van der Waals surface area contributed by atoms with Crippen LogP contribution in [0.15, 0.2) is 48.5 Å². The topological polar surface area (TPSA) is 25.2 Å². The molecule has 0 spiro atoms. The zero-order valence-corrected chi connectivity index (χ0v) is 12.1. The third kappa shape index (κ3) is 2.21. The molecule has 0 bridgehead atoms. The van der Waals surface area contributed by atoms with Crippen LogP contribution in [-0.2, 0) is 13.2 Å². The first-order chi connectivity index (χ1) is 9.70. The first-order valence-corrected chi connectivity index (χ1v) is 7.00. The minimum absolute atomic E-state index is 0.0414. The van der Waals surface area contributed by atoms with Gasteiger partial charge in [-0.1, -0.05) is 59.6 Å². The maximum Gasteiger partial charge on any atom is 0.115 e. The van der Waals surface area contributed by atoms with Crippen LogP contribution in [0.1, 0.15) is 16.7 Å². The van der Waals surface area contributed by atoms with Crippen molar-refractivity contribution in [2.45, 2.75) is 20.1 Å². The second-order valence-corrected chi connectivity index (χ2v) is 5.37. The van der Waals surface area contributed by atoms with Crippen molar-refractivity contribution in [3.05, 3.63) is 70.4 Å². The average molecular weight is 286 g/mol. The lowest BCUT2D eigenvalue weighted by Crippen LogP contribution is -2.00. The number of aryl methyl sites for hydroxylation is 1. The fourth-order valence-corrected chi connectivity index (χ4v) is 2.84. The number of nitrogens with zero attached hydrogens (tertiary/aromatic N) is 1. The largest absolute Gasteiger partial charge is 0.392 e. The Morgan fingerprint density at radius 3 is 2.45 bits per heavy atom. The molecule has 0 radical (unpaired) electrons. The van der Waals surface area contributed by atoms with E-state index < -0.39 is 0 Å². The van der Waals surface area contributed by atoms with Gasteiger partial charge in [0, 0.05) is 23.0 Å². The van der Waals surface area contributed by atoms with E-state index in [4.69, 9.17) is 11.6 Å². The summed E-state index contributed by atoms with van der Waals surface area (Å²) in [6, 6.07) is 16.4. The predicted octanol–water partition coefficient (Wildman–Crippen LogP) is 4.14. The van der Waals surface area contributed by atoms with E-state index in [0.717, 1.165) is 16.5 Å². The second kappa shape index (κ2) is 5.31. The highest BCUT2D eigenvalue weighted by Gasteiger charge is 2.14. The fraction of sp³-hybridized carbons (Fsp3) is 0.176. The van der Waals surface area contributed by atoms with Gasteiger partial charge in [-0.2, -0.15) is 0 Å². The molecule has 1 aromatic heterocycles. The predicted molar refractivity (Wildman–Crippen MR) is 83.2 cm³/mol. The maximum absolute atomic E-state index is 9.53. The highest BCUT2D eigenvalue weighted by molar-refractivity contribution is 6.32. The van der Waals surface area contributed by atoms with Gasteiger partial charge in [-0.25, -0.2) is 0 Å². The van der Waals surface area contributed by atoms with Gasteiger partial charge in [0.05, 0.1) is 6.61 Å². The van der Waals surface area contributed by atoms with Crippen LogP contribution in [0.5, 0.6) is 0 Å². The lowest BCUT2D eigenvalue weighted by atomic mass is 10.1. The van der Waals surface area contributed by atoms with Crippen LogP contribution in [0.3, 0.4) is 0 Å². The first kappa shape index (κ1) is 13.2. The van der Waals surface area contributed by atoms with E-state index >= 15 is 0 Å². The molecule has 0 aliphatic heterocycles. The van der Waals surface area contributed by atoms with Crippen LogP contribution in [0, 0.1) is 6.92 Å². The number of hydrogen-bond acceptors (Lipinski definition) is 1. The van der Waals surface area contributed by atoms with Crippen molar-refractivity contribution in [2.24, 2.45) is 0 Å². The Hall–Kier alpha value is -1.77. The van der Waals surface area contributed by atoms with Gasteiger partial charge in [0.2, 0.25) is 0 Å². The quantitative estimate of drug-likeness (QED) is 0.768. The zero-order chi connectivity index (χ0) is 14.1. The molecule has 2 nitrogen and oxygen atoms in total. The van der Waals surface area contributed by atoms with Gasteiger partial charge in [0.1, 0.15) is 5.15 Å². The van der Waals surface area contributed by atoms with Crippen LogP contribution >= 0.6 is 11.6 Å². The first-order valence-electron chi connectivity index (χ1n) is 6.62. The number of aliphatic hydroxyl groups excluding tert-OH is 1. The molecule has 20 heavy (non-hydrogen) atoms. The molecule has 2 aromatic carbocycles. The minimum atomic E-state index is -0.0414. The smallest absolute Gasteiger partial charge is 0.115 e. The number of halogens is 1. The summed E-state index contributed by atoms with van der Waals surface area (Å²) in [5.74, 6) is 0. The van der Waals surface area contributed by atoms with Crippen molar-refractivity contribution < 1.29 is 5.11 Å². The van der Waals surface area contributed by atoms with Crippen molar-refractivity contribution >= 4 is 22.5 Å². The molecule has 3 heteroatoms. The van der Waals surface area contributed by atoms with Gasteiger partial charge in [-0.05, 0) is 18.6 Å². The minimum Gasteiger partial charge on any atom is -0.392 e. The van der Waals surface area contributed by atoms with E-state index in [2.05, 4.69) is 31.2 Å². The van der Waals surface area contributed by atoms with Crippen LogP contribution in [0.25, 0.3) is 10.9 Å². The molecule has 0 aliphatic carbocycles. The van der Waals surface area contributed by atoms with Gasteiger partial charge in [0.25, 0.3) is 0 Å². The summed E-state index contributed by atoms with van der Waals surface area (Å²) in [6.07, 6.45) is 0.